The fourth-order valence-electron chi connectivity index (χ4n) is 2.69. The number of benzene rings is 1. The first kappa shape index (κ1) is 16.5. The second kappa shape index (κ2) is 9.19. The second-order valence-electron chi connectivity index (χ2n) is 6.06. The maximum Gasteiger partial charge on any atom is 0.0897 e. The smallest absolute Gasteiger partial charge is 0.0897 e. The van der Waals surface area contributed by atoms with Crippen molar-refractivity contribution in [2.24, 2.45) is 0 Å². The van der Waals surface area contributed by atoms with Gasteiger partial charge in [-0.1, -0.05) is 56.5 Å². The maximum absolute atomic E-state index is 9.90. The minimum absolute atomic E-state index is 0.395. The van der Waals surface area contributed by atoms with E-state index in [1.807, 2.05) is 0 Å². The van der Waals surface area contributed by atoms with Crippen LogP contribution in [0, 0.1) is 0 Å². The fraction of sp³-hybridized carbons (Fsp3) is 0.667. The molecule has 1 aromatic rings. The van der Waals surface area contributed by atoms with Gasteiger partial charge in [0.2, 0.25) is 0 Å². The molecule has 1 saturated carbocycles. The first-order valence-corrected chi connectivity index (χ1v) is 8.35. The van der Waals surface area contributed by atoms with Crippen molar-refractivity contribution in [2.75, 3.05) is 19.8 Å². The first-order chi connectivity index (χ1) is 10.3. The molecule has 1 aromatic carbocycles. The van der Waals surface area contributed by atoms with E-state index < -0.39 is 6.10 Å². The number of nitrogens with one attached hydrogen (secondary N) is 1. The molecule has 1 aliphatic carbocycles. The molecular weight excluding hydrogens is 262 g/mol. The van der Waals surface area contributed by atoms with Crippen molar-refractivity contribution in [3.63, 3.8) is 0 Å². The molecule has 3 atom stereocenters. The largest absolute Gasteiger partial charge is 0.389 e. The Morgan fingerprint density at radius 2 is 2.05 bits per heavy atom. The molecular formula is C18H29NO2. The van der Waals surface area contributed by atoms with Gasteiger partial charge in [0.05, 0.1) is 12.7 Å². The van der Waals surface area contributed by atoms with Crippen LogP contribution in [0.3, 0.4) is 0 Å². The molecule has 0 heterocycles. The van der Waals surface area contributed by atoms with Crippen LogP contribution in [0.25, 0.3) is 0 Å². The molecule has 0 radical (unpaired) electrons. The lowest BCUT2D eigenvalue weighted by atomic mass is 10.1. The Hall–Kier alpha value is -0.900. The van der Waals surface area contributed by atoms with Gasteiger partial charge in [-0.2, -0.15) is 0 Å². The average molecular weight is 291 g/mol. The van der Waals surface area contributed by atoms with Crippen molar-refractivity contribution in [1.82, 2.24) is 5.32 Å². The minimum atomic E-state index is -0.395. The van der Waals surface area contributed by atoms with Gasteiger partial charge in [-0.3, -0.25) is 0 Å². The van der Waals surface area contributed by atoms with Crippen molar-refractivity contribution in [3.8, 4) is 0 Å². The zero-order valence-corrected chi connectivity index (χ0v) is 13.1. The Kier molecular flexibility index (Phi) is 7.20. The van der Waals surface area contributed by atoms with Gasteiger partial charge in [-0.05, 0) is 18.4 Å². The van der Waals surface area contributed by atoms with Gasteiger partial charge in [0.1, 0.15) is 0 Å². The molecule has 0 aromatic heterocycles. The molecule has 0 aliphatic heterocycles. The summed E-state index contributed by atoms with van der Waals surface area (Å²) in [7, 11) is 0. The van der Waals surface area contributed by atoms with Crippen molar-refractivity contribution in [2.45, 2.75) is 57.1 Å². The highest BCUT2D eigenvalue weighted by atomic mass is 16.5. The molecule has 0 saturated heterocycles. The summed E-state index contributed by atoms with van der Waals surface area (Å²) in [6.45, 7) is 4.05. The topological polar surface area (TPSA) is 41.5 Å². The molecule has 1 fully saturated rings. The zero-order valence-electron chi connectivity index (χ0n) is 13.1. The predicted molar refractivity (Wildman–Crippen MR) is 86.6 cm³/mol. The van der Waals surface area contributed by atoms with Crippen LogP contribution in [0.15, 0.2) is 30.3 Å². The van der Waals surface area contributed by atoms with E-state index in [-0.39, 0.29) is 0 Å². The van der Waals surface area contributed by atoms with Crippen LogP contribution in [-0.2, 0) is 4.74 Å². The van der Waals surface area contributed by atoms with Crippen LogP contribution < -0.4 is 5.32 Å². The molecule has 0 bridgehead atoms. The van der Waals surface area contributed by atoms with Crippen LogP contribution in [-0.4, -0.2) is 37.0 Å². The summed E-state index contributed by atoms with van der Waals surface area (Å²) in [6.07, 6.45) is 5.63. The van der Waals surface area contributed by atoms with E-state index in [4.69, 9.17) is 4.74 Å². The van der Waals surface area contributed by atoms with E-state index in [9.17, 15) is 5.11 Å². The summed E-state index contributed by atoms with van der Waals surface area (Å²) in [5.41, 5.74) is 1.40. The molecule has 21 heavy (non-hydrogen) atoms. The molecule has 2 rings (SSSR count). The van der Waals surface area contributed by atoms with E-state index in [1.54, 1.807) is 0 Å². The summed E-state index contributed by atoms with van der Waals surface area (Å²) in [5, 5.41) is 13.3. The van der Waals surface area contributed by atoms with Crippen molar-refractivity contribution < 1.29 is 9.84 Å². The Labute approximate surface area is 128 Å². The summed E-state index contributed by atoms with van der Waals surface area (Å²) < 4.78 is 5.52. The molecule has 0 amide bonds. The van der Waals surface area contributed by atoms with Gasteiger partial charge in [-0.25, -0.2) is 0 Å². The van der Waals surface area contributed by atoms with Crippen molar-refractivity contribution in [3.05, 3.63) is 35.9 Å². The highest BCUT2D eigenvalue weighted by Gasteiger charge is 2.37. The number of hydrogen-bond acceptors (Lipinski definition) is 3. The van der Waals surface area contributed by atoms with Gasteiger partial charge in [-0.15, -0.1) is 0 Å². The number of unbranched alkanes of at least 4 members (excludes halogenated alkanes) is 3. The number of aliphatic hydroxyl groups is 1. The van der Waals surface area contributed by atoms with Crippen LogP contribution in [0.4, 0.5) is 0 Å². The summed E-state index contributed by atoms with van der Waals surface area (Å²) in [4.78, 5) is 0. The predicted octanol–water partition coefficient (Wildman–Crippen LogP) is 3.09. The van der Waals surface area contributed by atoms with Crippen molar-refractivity contribution in [1.29, 1.82) is 0 Å². The van der Waals surface area contributed by atoms with E-state index >= 15 is 0 Å². The third kappa shape index (κ3) is 6.16. The molecule has 0 spiro atoms. The lowest BCUT2D eigenvalue weighted by Crippen LogP contribution is -2.32. The fourth-order valence-corrected chi connectivity index (χ4v) is 2.69. The summed E-state index contributed by atoms with van der Waals surface area (Å²) in [6, 6.07) is 11.1. The normalized spacial score (nSPS) is 22.2. The molecule has 3 unspecified atom stereocenters. The number of hydrogen-bond donors (Lipinski definition) is 2. The Bertz CT molecular complexity index is 382. The Balaban J connectivity index is 1.50. The van der Waals surface area contributed by atoms with Gasteiger partial charge < -0.3 is 15.2 Å². The molecule has 118 valence electrons. The lowest BCUT2D eigenvalue weighted by molar-refractivity contribution is 0.0352. The monoisotopic (exact) mass is 291 g/mol. The van der Waals surface area contributed by atoms with E-state index in [0.29, 0.717) is 25.1 Å². The third-order valence-corrected chi connectivity index (χ3v) is 4.09. The second-order valence-corrected chi connectivity index (χ2v) is 6.06. The maximum atomic E-state index is 9.90. The summed E-state index contributed by atoms with van der Waals surface area (Å²) >= 11 is 0. The third-order valence-electron chi connectivity index (χ3n) is 4.09. The highest BCUT2D eigenvalue weighted by molar-refractivity contribution is 5.27. The summed E-state index contributed by atoms with van der Waals surface area (Å²) in [5.74, 6) is 0.619. The van der Waals surface area contributed by atoms with Crippen LogP contribution in [0.2, 0.25) is 0 Å². The standard InChI is InChI=1S/C18H29NO2/c1-2-3-4-8-11-21-14-16(20)13-19-18-12-17(18)15-9-6-5-7-10-15/h5-7,9-10,16-20H,2-4,8,11-14H2,1H3. The number of ether oxygens (including phenoxy) is 1. The van der Waals surface area contributed by atoms with Gasteiger partial charge in [0, 0.05) is 25.1 Å². The quantitative estimate of drug-likeness (QED) is 0.616. The molecule has 2 N–H and O–H groups in total. The molecule has 3 nitrogen and oxygen atoms in total. The van der Waals surface area contributed by atoms with Crippen molar-refractivity contribution >= 4 is 0 Å². The van der Waals surface area contributed by atoms with Gasteiger partial charge in [0.25, 0.3) is 0 Å². The SMILES string of the molecule is CCCCCCOCC(O)CNC1CC1c1ccccc1. The van der Waals surface area contributed by atoms with Gasteiger partial charge in [0.15, 0.2) is 0 Å². The number of aliphatic hydroxyl groups excluding tert-OH is 1. The Morgan fingerprint density at radius 3 is 2.81 bits per heavy atom. The van der Waals surface area contributed by atoms with E-state index in [0.717, 1.165) is 13.0 Å². The average Bonchev–Trinajstić information content (AvgIpc) is 3.29. The van der Waals surface area contributed by atoms with Crippen LogP contribution in [0.1, 0.15) is 50.5 Å². The highest BCUT2D eigenvalue weighted by Crippen LogP contribution is 2.40. The van der Waals surface area contributed by atoms with Crippen LogP contribution in [0.5, 0.6) is 0 Å². The van der Waals surface area contributed by atoms with E-state index in [2.05, 4.69) is 42.6 Å². The number of rotatable bonds is 11. The van der Waals surface area contributed by atoms with Crippen LogP contribution >= 0.6 is 0 Å². The Morgan fingerprint density at radius 1 is 1.24 bits per heavy atom. The minimum Gasteiger partial charge on any atom is -0.389 e. The zero-order chi connectivity index (χ0) is 14.9. The molecule has 1 aliphatic rings. The van der Waals surface area contributed by atoms with Gasteiger partial charge >= 0.3 is 0 Å². The first-order valence-electron chi connectivity index (χ1n) is 8.35. The van der Waals surface area contributed by atoms with E-state index in [1.165, 1.54) is 31.2 Å². The molecule has 3 heteroatoms. The lowest BCUT2D eigenvalue weighted by Gasteiger charge is -2.12.